The van der Waals surface area contributed by atoms with Crippen molar-refractivity contribution in [1.29, 1.82) is 0 Å². The average molecular weight is 353 g/mol. The van der Waals surface area contributed by atoms with Crippen LogP contribution in [-0.4, -0.2) is 38.7 Å². The summed E-state index contributed by atoms with van der Waals surface area (Å²) in [4.78, 5) is 12.9. The maximum Gasteiger partial charge on any atom is 0.194 e. The summed E-state index contributed by atoms with van der Waals surface area (Å²) in [6.07, 6.45) is 2.29. The first-order valence-electron chi connectivity index (χ1n) is 8.98. The van der Waals surface area contributed by atoms with E-state index in [9.17, 15) is 4.79 Å². The molecule has 4 rings (SSSR count). The second kappa shape index (κ2) is 6.65. The number of rotatable bonds is 5. The smallest absolute Gasteiger partial charge is 0.194 e. The van der Waals surface area contributed by atoms with E-state index in [0.29, 0.717) is 28.7 Å². The van der Waals surface area contributed by atoms with Gasteiger partial charge in [-0.25, -0.2) is 0 Å². The van der Waals surface area contributed by atoms with Crippen LogP contribution in [0.2, 0.25) is 0 Å². The third-order valence-electron chi connectivity index (χ3n) is 5.27. The van der Waals surface area contributed by atoms with E-state index in [-0.39, 0.29) is 11.9 Å². The zero-order chi connectivity index (χ0) is 18.3. The first-order chi connectivity index (χ1) is 12.6. The zero-order valence-corrected chi connectivity index (χ0v) is 15.3. The molecule has 5 nitrogen and oxygen atoms in total. The molecule has 1 N–H and O–H groups in total. The maximum absolute atomic E-state index is 12.9. The number of ether oxygens (including phenoxy) is 3. The molecule has 0 amide bonds. The molecule has 0 aromatic heterocycles. The number of fused-ring (bicyclic) bond motifs is 3. The fourth-order valence-corrected chi connectivity index (χ4v) is 3.92. The summed E-state index contributed by atoms with van der Waals surface area (Å²) in [6, 6.07) is 9.55. The second-order valence-electron chi connectivity index (χ2n) is 6.79. The molecule has 0 spiro atoms. The van der Waals surface area contributed by atoms with Gasteiger partial charge in [0.05, 0.1) is 14.2 Å². The van der Waals surface area contributed by atoms with E-state index in [2.05, 4.69) is 12.2 Å². The Morgan fingerprint density at radius 3 is 2.58 bits per heavy atom. The summed E-state index contributed by atoms with van der Waals surface area (Å²) in [5, 5.41) is 3.48. The highest BCUT2D eigenvalue weighted by Crippen LogP contribution is 2.49. The van der Waals surface area contributed by atoms with Crippen molar-refractivity contribution in [1.82, 2.24) is 5.32 Å². The van der Waals surface area contributed by atoms with E-state index in [4.69, 9.17) is 14.2 Å². The molecule has 0 bridgehead atoms. The average Bonchev–Trinajstić information content (AvgIpc) is 3.29. The standard InChI is InChI=1S/C21H23NO4/c1-12(16-7-5-9-22-16)26-17-8-4-6-14-19(17)20-15(21(14)23)10-13(24-2)11-18(20)25-3/h4,6,8,10-12,16,22H,5,7,9H2,1-3H3. The van der Waals surface area contributed by atoms with Crippen molar-refractivity contribution in [2.45, 2.75) is 31.9 Å². The molecule has 1 aliphatic heterocycles. The maximum atomic E-state index is 12.9. The van der Waals surface area contributed by atoms with Crippen molar-refractivity contribution in [2.75, 3.05) is 20.8 Å². The van der Waals surface area contributed by atoms with Crippen LogP contribution >= 0.6 is 0 Å². The van der Waals surface area contributed by atoms with Crippen molar-refractivity contribution < 1.29 is 19.0 Å². The molecule has 1 fully saturated rings. The molecule has 1 heterocycles. The summed E-state index contributed by atoms with van der Waals surface area (Å²) < 4.78 is 17.2. The molecular weight excluding hydrogens is 330 g/mol. The quantitative estimate of drug-likeness (QED) is 0.761. The van der Waals surface area contributed by atoms with Gasteiger partial charge in [0.25, 0.3) is 0 Å². The van der Waals surface area contributed by atoms with Crippen molar-refractivity contribution in [3.63, 3.8) is 0 Å². The summed E-state index contributed by atoms with van der Waals surface area (Å²) in [5.74, 6) is 1.92. The van der Waals surface area contributed by atoms with Crippen LogP contribution in [0.1, 0.15) is 35.7 Å². The SMILES string of the molecule is COc1cc(OC)c2c(c1)C(=O)c1cccc(OC(C)C3CCCN3)c1-2. The number of benzene rings is 2. The summed E-state index contributed by atoms with van der Waals surface area (Å²) in [5.41, 5.74) is 2.85. The van der Waals surface area contributed by atoms with Gasteiger partial charge in [0, 0.05) is 34.4 Å². The van der Waals surface area contributed by atoms with Crippen LogP contribution in [0.3, 0.4) is 0 Å². The van der Waals surface area contributed by atoms with Gasteiger partial charge in [-0.1, -0.05) is 12.1 Å². The van der Waals surface area contributed by atoms with E-state index in [0.717, 1.165) is 29.8 Å². The van der Waals surface area contributed by atoms with Gasteiger partial charge < -0.3 is 19.5 Å². The molecule has 5 heteroatoms. The van der Waals surface area contributed by atoms with Crippen molar-refractivity contribution in [3.05, 3.63) is 41.5 Å². The highest BCUT2D eigenvalue weighted by Gasteiger charge is 2.34. The lowest BCUT2D eigenvalue weighted by atomic mass is 10.0. The van der Waals surface area contributed by atoms with E-state index in [1.54, 1.807) is 26.4 Å². The fraction of sp³-hybridized carbons (Fsp3) is 0.381. The number of hydrogen-bond acceptors (Lipinski definition) is 5. The Bertz CT molecular complexity index is 855. The van der Waals surface area contributed by atoms with Crippen LogP contribution < -0.4 is 19.5 Å². The highest BCUT2D eigenvalue weighted by atomic mass is 16.5. The molecule has 2 unspecified atom stereocenters. The molecule has 2 aliphatic rings. The third kappa shape index (κ3) is 2.63. The lowest BCUT2D eigenvalue weighted by molar-refractivity contribution is 0.104. The molecule has 1 saturated heterocycles. The Labute approximate surface area is 153 Å². The first kappa shape index (κ1) is 16.9. The second-order valence-corrected chi connectivity index (χ2v) is 6.79. The molecular formula is C21H23NO4. The van der Waals surface area contributed by atoms with Crippen LogP contribution in [0, 0.1) is 0 Å². The van der Waals surface area contributed by atoms with Crippen molar-refractivity contribution >= 4 is 5.78 Å². The molecule has 1 aliphatic carbocycles. The van der Waals surface area contributed by atoms with Crippen LogP contribution in [0.15, 0.2) is 30.3 Å². The fourth-order valence-electron chi connectivity index (χ4n) is 3.92. The predicted molar refractivity (Wildman–Crippen MR) is 99.5 cm³/mol. The minimum Gasteiger partial charge on any atom is -0.497 e. The van der Waals surface area contributed by atoms with Crippen molar-refractivity contribution in [2.24, 2.45) is 0 Å². The van der Waals surface area contributed by atoms with E-state index >= 15 is 0 Å². The number of carbonyl (C=O) groups is 1. The Morgan fingerprint density at radius 1 is 1.08 bits per heavy atom. The summed E-state index contributed by atoms with van der Waals surface area (Å²) in [7, 11) is 3.19. The largest absolute Gasteiger partial charge is 0.497 e. The molecule has 2 aromatic rings. The molecule has 2 atom stereocenters. The number of carbonyl (C=O) groups excluding carboxylic acids is 1. The van der Waals surface area contributed by atoms with Gasteiger partial charge >= 0.3 is 0 Å². The van der Waals surface area contributed by atoms with Crippen LogP contribution in [0.5, 0.6) is 17.2 Å². The molecule has 0 radical (unpaired) electrons. The Kier molecular flexibility index (Phi) is 4.32. The Balaban J connectivity index is 1.80. The minimum atomic E-state index is -0.0238. The molecule has 136 valence electrons. The predicted octanol–water partition coefficient (Wildman–Crippen LogP) is 3.43. The highest BCUT2D eigenvalue weighted by molar-refractivity contribution is 6.23. The van der Waals surface area contributed by atoms with E-state index in [1.165, 1.54) is 6.42 Å². The monoisotopic (exact) mass is 353 g/mol. The number of methoxy groups -OCH3 is 2. The normalized spacial score (nSPS) is 19.0. The molecule has 0 saturated carbocycles. The van der Waals surface area contributed by atoms with Gasteiger partial charge in [-0.3, -0.25) is 4.79 Å². The van der Waals surface area contributed by atoms with Crippen LogP contribution in [-0.2, 0) is 0 Å². The third-order valence-corrected chi connectivity index (χ3v) is 5.27. The number of ketones is 1. The van der Waals surface area contributed by atoms with E-state index < -0.39 is 0 Å². The Morgan fingerprint density at radius 2 is 1.88 bits per heavy atom. The topological polar surface area (TPSA) is 56.8 Å². The summed E-state index contributed by atoms with van der Waals surface area (Å²) >= 11 is 0. The lowest BCUT2D eigenvalue weighted by Crippen LogP contribution is -2.36. The minimum absolute atomic E-state index is 0.0207. The van der Waals surface area contributed by atoms with Gasteiger partial charge in [0.15, 0.2) is 5.78 Å². The van der Waals surface area contributed by atoms with Gasteiger partial charge in [0.2, 0.25) is 0 Å². The van der Waals surface area contributed by atoms with E-state index in [1.807, 2.05) is 18.2 Å². The van der Waals surface area contributed by atoms with Crippen LogP contribution in [0.4, 0.5) is 0 Å². The van der Waals surface area contributed by atoms with Gasteiger partial charge in [0.1, 0.15) is 23.4 Å². The Hall–Kier alpha value is -2.53. The first-order valence-corrected chi connectivity index (χ1v) is 8.98. The molecule has 2 aromatic carbocycles. The zero-order valence-electron chi connectivity index (χ0n) is 15.3. The number of nitrogens with one attached hydrogen (secondary N) is 1. The van der Waals surface area contributed by atoms with Gasteiger partial charge in [-0.05, 0) is 38.4 Å². The van der Waals surface area contributed by atoms with Crippen LogP contribution in [0.25, 0.3) is 11.1 Å². The van der Waals surface area contributed by atoms with Crippen molar-refractivity contribution in [3.8, 4) is 28.4 Å². The van der Waals surface area contributed by atoms with Gasteiger partial charge in [-0.15, -0.1) is 0 Å². The lowest BCUT2D eigenvalue weighted by Gasteiger charge is -2.23. The number of hydrogen-bond donors (Lipinski definition) is 1. The molecule has 26 heavy (non-hydrogen) atoms. The van der Waals surface area contributed by atoms with Gasteiger partial charge in [-0.2, -0.15) is 0 Å². The summed E-state index contributed by atoms with van der Waals surface area (Å²) in [6.45, 7) is 3.10.